The van der Waals surface area contributed by atoms with Gasteiger partial charge in [-0.15, -0.1) is 0 Å². The maximum Gasteiger partial charge on any atom is 0.166 e. The van der Waals surface area contributed by atoms with Gasteiger partial charge in [0.1, 0.15) is 0 Å². The SMILES string of the molecule is CCCCCC1CCC(C2CC=C(c3ccc(CCC=CC4CCC(CCC)CC4)c(F)c3F)CC2)CC1. The number of aryl methyl sites for hydroxylation is 1. The molecule has 0 aromatic heterocycles. The minimum absolute atomic E-state index is 0.503. The molecule has 1 atom stereocenters. The van der Waals surface area contributed by atoms with Crippen LogP contribution in [0.5, 0.6) is 0 Å². The molecule has 3 aliphatic carbocycles. The van der Waals surface area contributed by atoms with Crippen molar-refractivity contribution in [3.05, 3.63) is 53.1 Å². The third kappa shape index (κ3) is 8.28. The fourth-order valence-corrected chi connectivity index (χ4v) is 7.79. The van der Waals surface area contributed by atoms with E-state index >= 15 is 8.78 Å². The minimum Gasteiger partial charge on any atom is -0.203 e. The van der Waals surface area contributed by atoms with Gasteiger partial charge in [-0.05, 0) is 111 Å². The van der Waals surface area contributed by atoms with Crippen LogP contribution >= 0.6 is 0 Å². The van der Waals surface area contributed by atoms with E-state index in [0.717, 1.165) is 54.9 Å². The molecule has 0 bridgehead atoms. The molecule has 3 aliphatic rings. The number of hydrogen-bond donors (Lipinski definition) is 0. The summed E-state index contributed by atoms with van der Waals surface area (Å²) in [6.07, 6.45) is 30.2. The van der Waals surface area contributed by atoms with Crippen molar-refractivity contribution in [3.63, 3.8) is 0 Å². The standard InChI is InChI=1S/C36H54F2/c1-3-5-6-10-29-17-19-30(20-18-29)31-21-23-32(24-22-31)34-26-25-33(35(37)36(34)38)12-8-7-11-28-15-13-27(9-4-2)14-16-28/h7,11,23,25-31H,3-6,8-10,12-22,24H2,1-2H3. The van der Waals surface area contributed by atoms with Crippen LogP contribution in [0.4, 0.5) is 8.78 Å². The lowest BCUT2D eigenvalue weighted by molar-refractivity contribution is 0.187. The van der Waals surface area contributed by atoms with E-state index in [2.05, 4.69) is 32.1 Å². The van der Waals surface area contributed by atoms with Gasteiger partial charge in [-0.3, -0.25) is 0 Å². The normalized spacial score (nSPS) is 28.5. The molecule has 0 spiro atoms. The summed E-state index contributed by atoms with van der Waals surface area (Å²) in [5.74, 6) is 2.86. The Bertz CT molecular complexity index is 896. The van der Waals surface area contributed by atoms with Crippen molar-refractivity contribution in [3.8, 4) is 0 Å². The first kappa shape index (κ1) is 29.5. The Morgan fingerprint density at radius 3 is 2.18 bits per heavy atom. The van der Waals surface area contributed by atoms with Crippen LogP contribution in [0.1, 0.15) is 141 Å². The number of rotatable bonds is 12. The monoisotopic (exact) mass is 524 g/mol. The molecule has 0 radical (unpaired) electrons. The topological polar surface area (TPSA) is 0 Å². The zero-order chi connectivity index (χ0) is 26.7. The Morgan fingerprint density at radius 1 is 0.763 bits per heavy atom. The Balaban J connectivity index is 1.23. The lowest BCUT2D eigenvalue weighted by atomic mass is 9.70. The Kier molecular flexibility index (Phi) is 12.0. The largest absolute Gasteiger partial charge is 0.203 e. The molecule has 2 saturated carbocycles. The predicted octanol–water partition coefficient (Wildman–Crippen LogP) is 11.6. The molecule has 0 heterocycles. The molecule has 2 fully saturated rings. The van der Waals surface area contributed by atoms with Crippen molar-refractivity contribution in [1.82, 2.24) is 0 Å². The molecule has 1 unspecified atom stereocenters. The maximum atomic E-state index is 15.1. The van der Waals surface area contributed by atoms with Gasteiger partial charge in [0, 0.05) is 5.56 Å². The van der Waals surface area contributed by atoms with E-state index in [0.29, 0.717) is 23.5 Å². The third-order valence-corrected chi connectivity index (χ3v) is 10.3. The zero-order valence-electron chi connectivity index (χ0n) is 24.5. The van der Waals surface area contributed by atoms with E-state index in [1.54, 1.807) is 0 Å². The summed E-state index contributed by atoms with van der Waals surface area (Å²) < 4.78 is 30.1. The average Bonchev–Trinajstić information content (AvgIpc) is 2.95. The summed E-state index contributed by atoms with van der Waals surface area (Å²) in [5.41, 5.74) is 2.05. The number of allylic oxidation sites excluding steroid dienone is 4. The van der Waals surface area contributed by atoms with Crippen molar-refractivity contribution < 1.29 is 8.78 Å². The van der Waals surface area contributed by atoms with Crippen molar-refractivity contribution in [2.45, 2.75) is 136 Å². The van der Waals surface area contributed by atoms with E-state index in [4.69, 9.17) is 0 Å². The highest BCUT2D eigenvalue weighted by molar-refractivity contribution is 5.67. The Morgan fingerprint density at radius 2 is 1.50 bits per heavy atom. The second-order valence-electron chi connectivity index (χ2n) is 13.0. The van der Waals surface area contributed by atoms with Crippen LogP contribution in [-0.2, 0) is 6.42 Å². The average molecular weight is 525 g/mol. The van der Waals surface area contributed by atoms with Gasteiger partial charge >= 0.3 is 0 Å². The highest BCUT2D eigenvalue weighted by atomic mass is 19.2. The minimum atomic E-state index is -0.627. The van der Waals surface area contributed by atoms with Gasteiger partial charge in [-0.1, -0.05) is 95.6 Å². The molecule has 0 aliphatic heterocycles. The van der Waals surface area contributed by atoms with Gasteiger partial charge in [0.2, 0.25) is 0 Å². The molecule has 4 rings (SSSR count). The van der Waals surface area contributed by atoms with E-state index in [1.165, 1.54) is 89.9 Å². The van der Waals surface area contributed by atoms with Gasteiger partial charge in [-0.25, -0.2) is 8.78 Å². The van der Waals surface area contributed by atoms with Crippen molar-refractivity contribution >= 4 is 5.57 Å². The fourth-order valence-electron chi connectivity index (χ4n) is 7.79. The van der Waals surface area contributed by atoms with Crippen LogP contribution in [0.25, 0.3) is 5.57 Å². The molecular formula is C36H54F2. The molecule has 0 nitrogen and oxygen atoms in total. The van der Waals surface area contributed by atoms with E-state index < -0.39 is 11.6 Å². The number of halogens is 2. The summed E-state index contributed by atoms with van der Waals surface area (Å²) in [7, 11) is 0. The van der Waals surface area contributed by atoms with E-state index in [1.807, 2.05) is 12.1 Å². The highest BCUT2D eigenvalue weighted by Crippen LogP contribution is 2.42. The quantitative estimate of drug-likeness (QED) is 0.188. The van der Waals surface area contributed by atoms with Crippen LogP contribution in [0.3, 0.4) is 0 Å². The van der Waals surface area contributed by atoms with Crippen molar-refractivity contribution in [2.24, 2.45) is 29.6 Å². The van der Waals surface area contributed by atoms with Gasteiger partial charge in [-0.2, -0.15) is 0 Å². The van der Waals surface area contributed by atoms with Crippen LogP contribution in [0.15, 0.2) is 30.4 Å². The molecule has 38 heavy (non-hydrogen) atoms. The smallest absolute Gasteiger partial charge is 0.166 e. The number of unbranched alkanes of at least 4 members (excludes halogenated alkanes) is 2. The molecule has 2 heteroatoms. The lowest BCUT2D eigenvalue weighted by Crippen LogP contribution is -2.23. The summed E-state index contributed by atoms with van der Waals surface area (Å²) in [6.45, 7) is 4.57. The first-order valence-electron chi connectivity index (χ1n) is 16.4. The van der Waals surface area contributed by atoms with E-state index in [9.17, 15) is 0 Å². The van der Waals surface area contributed by atoms with Gasteiger partial charge in [0.05, 0.1) is 0 Å². The van der Waals surface area contributed by atoms with Gasteiger partial charge in [0.15, 0.2) is 11.6 Å². The second-order valence-corrected chi connectivity index (χ2v) is 13.0. The molecule has 1 aromatic rings. The van der Waals surface area contributed by atoms with Crippen LogP contribution < -0.4 is 0 Å². The van der Waals surface area contributed by atoms with Crippen molar-refractivity contribution in [1.29, 1.82) is 0 Å². The number of benzene rings is 1. The van der Waals surface area contributed by atoms with Gasteiger partial charge in [0.25, 0.3) is 0 Å². The lowest BCUT2D eigenvalue weighted by Gasteiger charge is -2.35. The summed E-state index contributed by atoms with van der Waals surface area (Å²) in [4.78, 5) is 0. The van der Waals surface area contributed by atoms with Crippen LogP contribution in [0.2, 0.25) is 0 Å². The van der Waals surface area contributed by atoms with Crippen LogP contribution in [-0.4, -0.2) is 0 Å². The molecule has 0 saturated heterocycles. The Labute approximate surface area is 232 Å². The predicted molar refractivity (Wildman–Crippen MR) is 159 cm³/mol. The first-order chi connectivity index (χ1) is 18.6. The van der Waals surface area contributed by atoms with Crippen LogP contribution in [0, 0.1) is 41.2 Å². The second kappa shape index (κ2) is 15.4. The maximum absolute atomic E-state index is 15.1. The summed E-state index contributed by atoms with van der Waals surface area (Å²) >= 11 is 0. The molecule has 212 valence electrons. The van der Waals surface area contributed by atoms with Crippen molar-refractivity contribution in [2.75, 3.05) is 0 Å². The number of hydrogen-bond acceptors (Lipinski definition) is 0. The summed E-state index contributed by atoms with van der Waals surface area (Å²) in [5, 5.41) is 0. The first-order valence-corrected chi connectivity index (χ1v) is 16.4. The zero-order valence-corrected chi connectivity index (χ0v) is 24.5. The highest BCUT2D eigenvalue weighted by Gasteiger charge is 2.29. The third-order valence-electron chi connectivity index (χ3n) is 10.3. The fraction of sp³-hybridized carbons (Fsp3) is 0.722. The van der Waals surface area contributed by atoms with E-state index in [-0.39, 0.29) is 0 Å². The molecule has 0 N–H and O–H groups in total. The molecule has 0 amide bonds. The summed E-state index contributed by atoms with van der Waals surface area (Å²) in [6, 6.07) is 3.68. The van der Waals surface area contributed by atoms with Gasteiger partial charge < -0.3 is 0 Å². The molecule has 1 aromatic carbocycles. The molecular weight excluding hydrogens is 470 g/mol. The Hall–Kier alpha value is -1.44.